The van der Waals surface area contributed by atoms with Gasteiger partial charge in [0.1, 0.15) is 0 Å². The Morgan fingerprint density at radius 3 is 2.13 bits per heavy atom. The average molecular weight is 535 g/mol. The van der Waals surface area contributed by atoms with Gasteiger partial charge in [0.25, 0.3) is 0 Å². The van der Waals surface area contributed by atoms with Crippen LogP contribution in [-0.2, 0) is 16.1 Å². The standard InChI is InChI=1S/C16H21O2.3C4H9.Sn/c1-2-7-15-10-6-11-16(18-15)13-17-12-14-8-4-3-5-9-14;3*1-3-4-2;/h1-5,8-9,15-16H,6-7,10-13H2;3*1,3-4H2,2H3;/t15-,16-;;;;/m0..../s1. The minimum atomic E-state index is -2.14. The van der Waals surface area contributed by atoms with Crippen molar-refractivity contribution in [3.63, 3.8) is 0 Å². The third kappa shape index (κ3) is 10.9. The van der Waals surface area contributed by atoms with Gasteiger partial charge in [0.15, 0.2) is 0 Å². The van der Waals surface area contributed by atoms with Crippen LogP contribution >= 0.6 is 0 Å². The molecule has 0 saturated carbocycles. The SMILES string of the molecule is CCC[CH2][Sn](/[CH]=C/C[C@H]1CCC[C@@H](COCc2ccccc2)O1)([CH2]CCC)[CH2]CCC. The van der Waals surface area contributed by atoms with Gasteiger partial charge in [-0.3, -0.25) is 0 Å². The Kier molecular flexibility index (Phi) is 14.2. The van der Waals surface area contributed by atoms with Gasteiger partial charge >= 0.3 is 192 Å². The number of ether oxygens (including phenoxy) is 2. The zero-order valence-electron chi connectivity index (χ0n) is 20.6. The van der Waals surface area contributed by atoms with E-state index in [0.29, 0.717) is 12.7 Å². The quantitative estimate of drug-likeness (QED) is 0.198. The summed E-state index contributed by atoms with van der Waals surface area (Å²) in [6, 6.07) is 10.5. The fraction of sp³-hybridized carbons (Fsp3) is 0.714. The second-order valence-corrected chi connectivity index (χ2v) is 22.6. The molecule has 0 amide bonds. The van der Waals surface area contributed by atoms with Crippen LogP contribution in [0.5, 0.6) is 0 Å². The van der Waals surface area contributed by atoms with Crippen LogP contribution in [0.1, 0.15) is 90.5 Å². The molecular weight excluding hydrogens is 487 g/mol. The molecule has 1 fully saturated rings. The van der Waals surface area contributed by atoms with Crippen LogP contribution in [0.3, 0.4) is 0 Å². The average Bonchev–Trinajstić information content (AvgIpc) is 2.81. The van der Waals surface area contributed by atoms with Crippen molar-refractivity contribution in [2.75, 3.05) is 6.61 Å². The predicted molar refractivity (Wildman–Crippen MR) is 137 cm³/mol. The molecule has 3 heteroatoms. The molecule has 1 aliphatic heterocycles. The Balaban J connectivity index is 1.83. The maximum atomic E-state index is 6.43. The van der Waals surface area contributed by atoms with E-state index >= 15 is 0 Å². The molecule has 1 aliphatic rings. The molecule has 0 bridgehead atoms. The van der Waals surface area contributed by atoms with Crippen molar-refractivity contribution in [2.45, 2.75) is 117 Å². The van der Waals surface area contributed by atoms with Gasteiger partial charge in [0.2, 0.25) is 0 Å². The summed E-state index contributed by atoms with van der Waals surface area (Å²) in [5.74, 6) is 0. The molecule has 0 aliphatic carbocycles. The molecule has 2 rings (SSSR count). The molecule has 2 atom stereocenters. The molecule has 0 radical (unpaired) electrons. The molecular formula is C28H48O2Sn. The Morgan fingerprint density at radius 2 is 1.52 bits per heavy atom. The van der Waals surface area contributed by atoms with Crippen LogP contribution in [0, 0.1) is 0 Å². The van der Waals surface area contributed by atoms with Gasteiger partial charge in [-0.2, -0.15) is 0 Å². The third-order valence-corrected chi connectivity index (χ3v) is 21.1. The van der Waals surface area contributed by atoms with Gasteiger partial charge in [0.05, 0.1) is 0 Å². The van der Waals surface area contributed by atoms with E-state index in [4.69, 9.17) is 9.47 Å². The van der Waals surface area contributed by atoms with Gasteiger partial charge < -0.3 is 0 Å². The molecule has 31 heavy (non-hydrogen) atoms. The van der Waals surface area contributed by atoms with E-state index in [9.17, 15) is 0 Å². The summed E-state index contributed by atoms with van der Waals surface area (Å²) in [5.41, 5.74) is 1.24. The summed E-state index contributed by atoms with van der Waals surface area (Å²) >= 11 is -2.14. The molecule has 0 N–H and O–H groups in total. The van der Waals surface area contributed by atoms with Gasteiger partial charge in [-0.15, -0.1) is 0 Å². The van der Waals surface area contributed by atoms with Crippen LogP contribution in [0.25, 0.3) is 0 Å². The number of hydrogen-bond donors (Lipinski definition) is 0. The van der Waals surface area contributed by atoms with E-state index in [1.165, 1.54) is 56.9 Å². The molecule has 1 aromatic carbocycles. The van der Waals surface area contributed by atoms with Crippen LogP contribution < -0.4 is 0 Å². The molecule has 0 unspecified atom stereocenters. The van der Waals surface area contributed by atoms with Crippen molar-refractivity contribution >= 4 is 18.4 Å². The summed E-state index contributed by atoms with van der Waals surface area (Å²) in [5, 5.41) is 0. The zero-order valence-corrected chi connectivity index (χ0v) is 23.5. The van der Waals surface area contributed by atoms with E-state index in [0.717, 1.165) is 19.4 Å². The van der Waals surface area contributed by atoms with E-state index in [1.807, 2.05) is 0 Å². The predicted octanol–water partition coefficient (Wildman–Crippen LogP) is 8.48. The molecule has 2 nitrogen and oxygen atoms in total. The monoisotopic (exact) mass is 536 g/mol. The van der Waals surface area contributed by atoms with Crippen LogP contribution in [-0.4, -0.2) is 37.2 Å². The number of benzene rings is 1. The summed E-state index contributed by atoms with van der Waals surface area (Å²) in [6.45, 7) is 8.48. The van der Waals surface area contributed by atoms with Crippen molar-refractivity contribution < 1.29 is 9.47 Å². The third-order valence-electron chi connectivity index (χ3n) is 6.81. The van der Waals surface area contributed by atoms with E-state index in [1.54, 1.807) is 13.3 Å². The van der Waals surface area contributed by atoms with Gasteiger partial charge in [-0.1, -0.05) is 6.07 Å². The molecule has 0 aromatic heterocycles. The van der Waals surface area contributed by atoms with E-state index < -0.39 is 18.4 Å². The summed E-state index contributed by atoms with van der Waals surface area (Å²) in [4.78, 5) is 0. The van der Waals surface area contributed by atoms with Crippen molar-refractivity contribution in [3.8, 4) is 0 Å². The topological polar surface area (TPSA) is 18.5 Å². The van der Waals surface area contributed by atoms with Crippen LogP contribution in [0.15, 0.2) is 40.5 Å². The van der Waals surface area contributed by atoms with Crippen molar-refractivity contribution in [1.82, 2.24) is 0 Å². The molecule has 1 heterocycles. The van der Waals surface area contributed by atoms with Gasteiger partial charge in [0, 0.05) is 0 Å². The first-order valence-corrected chi connectivity index (χ1v) is 20.9. The summed E-state index contributed by atoms with van der Waals surface area (Å²) in [6.07, 6.45) is 16.3. The summed E-state index contributed by atoms with van der Waals surface area (Å²) in [7, 11) is 0. The molecule has 1 saturated heterocycles. The Hall–Kier alpha value is -0.321. The zero-order chi connectivity index (χ0) is 22.2. The van der Waals surface area contributed by atoms with Crippen LogP contribution in [0.4, 0.5) is 0 Å². The van der Waals surface area contributed by atoms with E-state index in [2.05, 4.69) is 61.3 Å². The number of unbranched alkanes of at least 4 members (excludes halogenated alkanes) is 3. The van der Waals surface area contributed by atoms with Crippen LogP contribution in [0.2, 0.25) is 13.3 Å². The molecule has 0 spiro atoms. The first-order valence-electron chi connectivity index (χ1n) is 13.2. The van der Waals surface area contributed by atoms with Gasteiger partial charge in [-0.25, -0.2) is 0 Å². The van der Waals surface area contributed by atoms with Crippen molar-refractivity contribution in [3.05, 3.63) is 46.1 Å². The molecule has 176 valence electrons. The fourth-order valence-electron chi connectivity index (χ4n) is 4.84. The number of rotatable bonds is 16. The summed E-state index contributed by atoms with van der Waals surface area (Å²) < 4.78 is 19.9. The first-order chi connectivity index (χ1) is 15.2. The first kappa shape index (κ1) is 26.9. The van der Waals surface area contributed by atoms with E-state index in [-0.39, 0.29) is 6.10 Å². The Bertz CT molecular complexity index is 564. The second kappa shape index (κ2) is 16.3. The van der Waals surface area contributed by atoms with Gasteiger partial charge in [-0.05, 0) is 0 Å². The maximum absolute atomic E-state index is 6.43. The second-order valence-electron chi connectivity index (χ2n) is 9.62. The van der Waals surface area contributed by atoms with Crippen molar-refractivity contribution in [2.24, 2.45) is 0 Å². The number of hydrogen-bond acceptors (Lipinski definition) is 2. The fourth-order valence-corrected chi connectivity index (χ4v) is 19.3. The Labute approximate surface area is 197 Å². The molecule has 1 aromatic rings. The van der Waals surface area contributed by atoms with Crippen molar-refractivity contribution in [1.29, 1.82) is 0 Å². The minimum absolute atomic E-state index is 0.268. The normalized spacial score (nSPS) is 19.8. The Morgan fingerprint density at radius 1 is 0.903 bits per heavy atom.